The van der Waals surface area contributed by atoms with Gasteiger partial charge in [-0.1, -0.05) is 35.2 Å². The van der Waals surface area contributed by atoms with Crippen LogP contribution in [0.15, 0.2) is 28.7 Å². The maximum Gasteiger partial charge on any atom is 0.0945 e. The third-order valence-corrected chi connectivity index (χ3v) is 3.99. The van der Waals surface area contributed by atoms with Gasteiger partial charge in [-0.25, -0.2) is 0 Å². The average molecular weight is 328 g/mol. The van der Waals surface area contributed by atoms with E-state index in [0.29, 0.717) is 19.3 Å². The number of aliphatic hydroxyl groups is 1. The highest BCUT2D eigenvalue weighted by atomic mass is 79.9. The third kappa shape index (κ3) is 5.51. The van der Waals surface area contributed by atoms with Gasteiger partial charge in [0.05, 0.1) is 18.8 Å². The van der Waals surface area contributed by atoms with E-state index in [1.54, 1.807) is 0 Å². The topological polar surface area (TPSA) is 41.5 Å². The van der Waals surface area contributed by atoms with Crippen LogP contribution < -0.4 is 5.32 Å². The second-order valence-corrected chi connectivity index (χ2v) is 6.05. The molecule has 1 atom stereocenters. The fourth-order valence-corrected chi connectivity index (χ4v) is 2.61. The number of rotatable bonds is 6. The van der Waals surface area contributed by atoms with Crippen molar-refractivity contribution in [3.63, 3.8) is 0 Å². The van der Waals surface area contributed by atoms with Crippen molar-refractivity contribution < 1.29 is 9.84 Å². The lowest BCUT2D eigenvalue weighted by atomic mass is 9.98. The van der Waals surface area contributed by atoms with Crippen LogP contribution >= 0.6 is 15.9 Å². The van der Waals surface area contributed by atoms with Gasteiger partial charge in [-0.3, -0.25) is 0 Å². The molecule has 1 aromatic rings. The minimum atomic E-state index is -0.453. The van der Waals surface area contributed by atoms with Crippen molar-refractivity contribution in [2.75, 3.05) is 18.5 Å². The van der Waals surface area contributed by atoms with Crippen LogP contribution in [0.25, 0.3) is 0 Å². The monoisotopic (exact) mass is 327 g/mol. The molecule has 0 heterocycles. The fraction of sp³-hybridized carbons (Fsp3) is 0.600. The summed E-state index contributed by atoms with van der Waals surface area (Å²) in [5.41, 5.74) is 1.01. The second-order valence-electron chi connectivity index (χ2n) is 5.13. The molecule has 2 N–H and O–H groups in total. The Morgan fingerprint density at radius 3 is 2.58 bits per heavy atom. The van der Waals surface area contributed by atoms with Crippen molar-refractivity contribution in [1.82, 2.24) is 0 Å². The first-order valence-corrected chi connectivity index (χ1v) is 7.82. The fourth-order valence-electron chi connectivity index (χ4n) is 2.34. The molecule has 1 aromatic carbocycles. The van der Waals surface area contributed by atoms with E-state index in [2.05, 4.69) is 21.2 Å². The van der Waals surface area contributed by atoms with Crippen LogP contribution in [0.5, 0.6) is 0 Å². The van der Waals surface area contributed by atoms with Gasteiger partial charge in [0.2, 0.25) is 0 Å². The summed E-state index contributed by atoms with van der Waals surface area (Å²) in [6.45, 7) is 0.947. The summed E-state index contributed by atoms with van der Waals surface area (Å²) in [4.78, 5) is 0. The van der Waals surface area contributed by atoms with Crippen LogP contribution in [0.1, 0.15) is 32.1 Å². The molecule has 0 saturated heterocycles. The number of hydrogen-bond donors (Lipinski definition) is 2. The van der Waals surface area contributed by atoms with Crippen molar-refractivity contribution in [3.05, 3.63) is 28.7 Å². The Morgan fingerprint density at radius 1 is 1.21 bits per heavy atom. The molecule has 0 radical (unpaired) electrons. The molecule has 0 aromatic heterocycles. The zero-order valence-corrected chi connectivity index (χ0v) is 12.7. The normalized spacial score (nSPS) is 18.2. The van der Waals surface area contributed by atoms with Gasteiger partial charge in [-0.05, 0) is 37.1 Å². The molecule has 4 heteroatoms. The van der Waals surface area contributed by atoms with E-state index in [-0.39, 0.29) is 0 Å². The molecule has 3 nitrogen and oxygen atoms in total. The number of hydrogen-bond acceptors (Lipinski definition) is 3. The summed E-state index contributed by atoms with van der Waals surface area (Å²) in [5.74, 6) is 0. The standard InChI is InChI=1S/C15H22BrNO2/c16-12-6-8-13(9-7-12)17-10-14(18)11-19-15-4-2-1-3-5-15/h6-9,14-15,17-18H,1-5,10-11H2. The second kappa shape index (κ2) is 7.88. The van der Waals surface area contributed by atoms with Gasteiger partial charge in [0.1, 0.15) is 0 Å². The maximum absolute atomic E-state index is 9.90. The Kier molecular flexibility index (Phi) is 6.14. The van der Waals surface area contributed by atoms with Crippen molar-refractivity contribution >= 4 is 21.6 Å². The van der Waals surface area contributed by atoms with Gasteiger partial charge < -0.3 is 15.2 Å². The summed E-state index contributed by atoms with van der Waals surface area (Å²) in [5, 5.41) is 13.1. The van der Waals surface area contributed by atoms with Gasteiger partial charge in [0.25, 0.3) is 0 Å². The molecule has 0 aliphatic heterocycles. The molecule has 1 fully saturated rings. The molecule has 19 heavy (non-hydrogen) atoms. The van der Waals surface area contributed by atoms with Gasteiger partial charge in [0.15, 0.2) is 0 Å². The van der Waals surface area contributed by atoms with E-state index in [9.17, 15) is 5.11 Å². The van der Waals surface area contributed by atoms with E-state index >= 15 is 0 Å². The summed E-state index contributed by atoms with van der Waals surface area (Å²) in [7, 11) is 0. The van der Waals surface area contributed by atoms with Crippen LogP contribution in [0.3, 0.4) is 0 Å². The average Bonchev–Trinajstić information content (AvgIpc) is 2.45. The number of nitrogens with one attached hydrogen (secondary N) is 1. The van der Waals surface area contributed by atoms with Crippen molar-refractivity contribution in [2.45, 2.75) is 44.3 Å². The highest BCUT2D eigenvalue weighted by molar-refractivity contribution is 9.10. The van der Waals surface area contributed by atoms with E-state index in [4.69, 9.17) is 4.74 Å². The number of ether oxygens (including phenoxy) is 1. The van der Waals surface area contributed by atoms with Crippen LogP contribution in [-0.4, -0.2) is 30.5 Å². The molecule has 0 spiro atoms. The molecule has 1 aliphatic carbocycles. The number of anilines is 1. The zero-order valence-electron chi connectivity index (χ0n) is 11.1. The predicted molar refractivity (Wildman–Crippen MR) is 81.5 cm³/mol. The van der Waals surface area contributed by atoms with Gasteiger partial charge in [0, 0.05) is 16.7 Å². The Bertz CT molecular complexity index is 363. The van der Waals surface area contributed by atoms with Crippen LogP contribution in [0.2, 0.25) is 0 Å². The van der Waals surface area contributed by atoms with Crippen LogP contribution in [0, 0.1) is 0 Å². The molecule has 2 rings (SSSR count). The van der Waals surface area contributed by atoms with Crippen molar-refractivity contribution in [1.29, 1.82) is 0 Å². The van der Waals surface area contributed by atoms with Crippen LogP contribution in [-0.2, 0) is 4.74 Å². The first-order valence-electron chi connectivity index (χ1n) is 7.03. The summed E-state index contributed by atoms with van der Waals surface area (Å²) in [6.07, 6.45) is 6.05. The highest BCUT2D eigenvalue weighted by Crippen LogP contribution is 2.20. The number of benzene rings is 1. The molecular formula is C15H22BrNO2. The van der Waals surface area contributed by atoms with Gasteiger partial charge in [-0.2, -0.15) is 0 Å². The van der Waals surface area contributed by atoms with Crippen molar-refractivity contribution in [2.24, 2.45) is 0 Å². The Hall–Kier alpha value is -0.580. The molecule has 1 aliphatic rings. The number of halogens is 1. The Balaban J connectivity index is 1.63. The molecule has 0 bridgehead atoms. The SMILES string of the molecule is OC(CNc1ccc(Br)cc1)COC1CCCCC1. The predicted octanol–water partition coefficient (Wildman–Crippen LogP) is 3.57. The summed E-state index contributed by atoms with van der Waals surface area (Å²) >= 11 is 3.40. The first kappa shape index (κ1) is 14.8. The van der Waals surface area contributed by atoms with E-state index < -0.39 is 6.10 Å². The number of aliphatic hydroxyl groups excluding tert-OH is 1. The lowest BCUT2D eigenvalue weighted by Gasteiger charge is -2.23. The highest BCUT2D eigenvalue weighted by Gasteiger charge is 2.15. The van der Waals surface area contributed by atoms with Crippen molar-refractivity contribution in [3.8, 4) is 0 Å². The quantitative estimate of drug-likeness (QED) is 0.839. The molecule has 0 amide bonds. The molecule has 1 saturated carbocycles. The molecule has 1 unspecified atom stereocenters. The van der Waals surface area contributed by atoms with E-state index in [1.807, 2.05) is 24.3 Å². The lowest BCUT2D eigenvalue weighted by molar-refractivity contribution is -0.0195. The molecule has 106 valence electrons. The molecular weight excluding hydrogens is 306 g/mol. The van der Waals surface area contributed by atoms with Crippen LogP contribution in [0.4, 0.5) is 5.69 Å². The van der Waals surface area contributed by atoms with Gasteiger partial charge in [-0.15, -0.1) is 0 Å². The van der Waals surface area contributed by atoms with E-state index in [0.717, 1.165) is 23.0 Å². The van der Waals surface area contributed by atoms with Gasteiger partial charge >= 0.3 is 0 Å². The smallest absolute Gasteiger partial charge is 0.0945 e. The zero-order chi connectivity index (χ0) is 13.5. The summed E-state index contributed by atoms with van der Waals surface area (Å²) < 4.78 is 6.81. The summed E-state index contributed by atoms with van der Waals surface area (Å²) in [6, 6.07) is 7.93. The third-order valence-electron chi connectivity index (χ3n) is 3.46. The lowest BCUT2D eigenvalue weighted by Crippen LogP contribution is -2.28. The minimum absolute atomic E-state index is 0.357. The Morgan fingerprint density at radius 2 is 1.89 bits per heavy atom. The largest absolute Gasteiger partial charge is 0.389 e. The minimum Gasteiger partial charge on any atom is -0.389 e. The van der Waals surface area contributed by atoms with E-state index in [1.165, 1.54) is 19.3 Å². The Labute approximate surface area is 123 Å². The maximum atomic E-state index is 9.90. The first-order chi connectivity index (χ1) is 9.24.